The molecule has 1 atom stereocenters. The summed E-state index contributed by atoms with van der Waals surface area (Å²) in [5, 5.41) is 9.32. The molecule has 3 rings (SSSR count). The summed E-state index contributed by atoms with van der Waals surface area (Å²) in [6.45, 7) is 6.63. The summed E-state index contributed by atoms with van der Waals surface area (Å²) in [6.07, 6.45) is 4.43. The zero-order valence-corrected chi connectivity index (χ0v) is 15.2. The van der Waals surface area contributed by atoms with Gasteiger partial charge in [-0.3, -0.25) is 4.90 Å². The van der Waals surface area contributed by atoms with Gasteiger partial charge in [-0.05, 0) is 51.8 Å². The Balaban J connectivity index is 1.81. The van der Waals surface area contributed by atoms with E-state index in [1.807, 2.05) is 38.1 Å². The number of likely N-dealkylation sites (tertiary alicyclic amines) is 1. The number of para-hydroxylation sites is 1. The number of hydrogen-bond donors (Lipinski definition) is 1. The zero-order valence-electron chi connectivity index (χ0n) is 15.2. The van der Waals surface area contributed by atoms with E-state index in [4.69, 9.17) is 14.1 Å². The van der Waals surface area contributed by atoms with Gasteiger partial charge in [-0.1, -0.05) is 18.6 Å². The van der Waals surface area contributed by atoms with Crippen molar-refractivity contribution < 1.29 is 14.3 Å². The lowest BCUT2D eigenvalue weighted by Gasteiger charge is -2.35. The minimum absolute atomic E-state index is 0.242. The Morgan fingerprint density at radius 2 is 2.16 bits per heavy atom. The van der Waals surface area contributed by atoms with Crippen molar-refractivity contribution in [3.8, 4) is 17.2 Å². The largest absolute Gasteiger partial charge is 0.493 e. The maximum Gasteiger partial charge on any atom is 0.230 e. The van der Waals surface area contributed by atoms with Crippen LogP contribution in [0.1, 0.15) is 44.1 Å². The first-order valence-electron chi connectivity index (χ1n) is 9.26. The van der Waals surface area contributed by atoms with Gasteiger partial charge in [0.1, 0.15) is 11.5 Å². The molecule has 0 bridgehead atoms. The molecule has 1 unspecified atom stereocenters. The van der Waals surface area contributed by atoms with Crippen molar-refractivity contribution in [2.45, 2.75) is 52.1 Å². The first kappa shape index (κ1) is 18.0. The molecule has 0 saturated carbocycles. The van der Waals surface area contributed by atoms with Crippen LogP contribution in [0.5, 0.6) is 5.75 Å². The molecule has 1 aliphatic heterocycles. The van der Waals surface area contributed by atoms with Crippen LogP contribution in [-0.2, 0) is 6.54 Å². The molecule has 0 spiro atoms. The molecule has 1 aliphatic rings. The molecule has 5 heteroatoms. The van der Waals surface area contributed by atoms with Gasteiger partial charge in [0, 0.05) is 19.2 Å². The van der Waals surface area contributed by atoms with Crippen molar-refractivity contribution in [3.63, 3.8) is 0 Å². The number of aromatic nitrogens is 1. The lowest BCUT2D eigenvalue weighted by molar-refractivity contribution is 0.111. The normalized spacial score (nSPS) is 18.4. The van der Waals surface area contributed by atoms with E-state index in [1.165, 1.54) is 12.8 Å². The van der Waals surface area contributed by atoms with E-state index in [-0.39, 0.29) is 6.61 Å². The molecule has 2 aromatic rings. The Morgan fingerprint density at radius 1 is 1.32 bits per heavy atom. The number of piperidine rings is 1. The Bertz CT molecular complexity index is 681. The molecule has 1 aromatic heterocycles. The lowest BCUT2D eigenvalue weighted by Crippen LogP contribution is -2.39. The second-order valence-corrected chi connectivity index (χ2v) is 6.58. The number of oxazole rings is 1. The van der Waals surface area contributed by atoms with E-state index >= 15 is 0 Å². The van der Waals surface area contributed by atoms with E-state index in [2.05, 4.69) is 4.90 Å². The van der Waals surface area contributed by atoms with Gasteiger partial charge in [0.25, 0.3) is 0 Å². The molecule has 1 aromatic carbocycles. The lowest BCUT2D eigenvalue weighted by atomic mass is 9.99. The summed E-state index contributed by atoms with van der Waals surface area (Å²) in [4.78, 5) is 7.19. The van der Waals surface area contributed by atoms with Crippen molar-refractivity contribution in [1.29, 1.82) is 0 Å². The second kappa shape index (κ2) is 8.50. The second-order valence-electron chi connectivity index (χ2n) is 6.58. The van der Waals surface area contributed by atoms with Crippen LogP contribution in [0.4, 0.5) is 0 Å². The number of nitrogens with zero attached hydrogens (tertiary/aromatic N) is 2. The van der Waals surface area contributed by atoms with Crippen LogP contribution >= 0.6 is 0 Å². The van der Waals surface area contributed by atoms with Gasteiger partial charge >= 0.3 is 0 Å². The smallest absolute Gasteiger partial charge is 0.230 e. The number of aryl methyl sites for hydroxylation is 1. The van der Waals surface area contributed by atoms with Crippen molar-refractivity contribution >= 4 is 0 Å². The maximum absolute atomic E-state index is 9.32. The van der Waals surface area contributed by atoms with Crippen LogP contribution in [0.15, 0.2) is 28.7 Å². The van der Waals surface area contributed by atoms with Crippen molar-refractivity contribution in [2.75, 3.05) is 19.8 Å². The van der Waals surface area contributed by atoms with Gasteiger partial charge < -0.3 is 14.3 Å². The van der Waals surface area contributed by atoms with Crippen LogP contribution in [-0.4, -0.2) is 40.8 Å². The number of aliphatic hydroxyl groups is 1. The van der Waals surface area contributed by atoms with E-state index in [1.54, 1.807) is 0 Å². The summed E-state index contributed by atoms with van der Waals surface area (Å²) in [7, 11) is 0. The fourth-order valence-corrected chi connectivity index (χ4v) is 3.55. The predicted molar refractivity (Wildman–Crippen MR) is 97.6 cm³/mol. The van der Waals surface area contributed by atoms with Crippen LogP contribution in [0.25, 0.3) is 11.5 Å². The van der Waals surface area contributed by atoms with Crippen molar-refractivity contribution in [1.82, 2.24) is 9.88 Å². The predicted octanol–water partition coefficient (Wildman–Crippen LogP) is 3.79. The highest BCUT2D eigenvalue weighted by Crippen LogP contribution is 2.31. The van der Waals surface area contributed by atoms with Gasteiger partial charge in [0.2, 0.25) is 5.89 Å². The molecular weight excluding hydrogens is 316 g/mol. The summed E-state index contributed by atoms with van der Waals surface area (Å²) in [5.41, 5.74) is 1.87. The Morgan fingerprint density at radius 3 is 2.96 bits per heavy atom. The van der Waals surface area contributed by atoms with Crippen LogP contribution in [0.3, 0.4) is 0 Å². The number of ether oxygens (including phenoxy) is 1. The highest BCUT2D eigenvalue weighted by atomic mass is 16.5. The molecule has 5 nitrogen and oxygen atoms in total. The van der Waals surface area contributed by atoms with E-state index < -0.39 is 0 Å². The van der Waals surface area contributed by atoms with Gasteiger partial charge in [0.05, 0.1) is 17.9 Å². The van der Waals surface area contributed by atoms with Crippen LogP contribution in [0, 0.1) is 6.92 Å². The highest BCUT2D eigenvalue weighted by Gasteiger charge is 2.24. The van der Waals surface area contributed by atoms with Gasteiger partial charge in [0.15, 0.2) is 0 Å². The minimum atomic E-state index is 0.242. The van der Waals surface area contributed by atoms with Gasteiger partial charge in [-0.25, -0.2) is 4.98 Å². The highest BCUT2D eigenvalue weighted by molar-refractivity contribution is 5.63. The topological polar surface area (TPSA) is 58.7 Å². The molecule has 25 heavy (non-hydrogen) atoms. The van der Waals surface area contributed by atoms with E-state index in [0.717, 1.165) is 48.7 Å². The minimum Gasteiger partial charge on any atom is -0.493 e. The number of rotatable bonds is 7. The maximum atomic E-state index is 9.32. The Kier molecular flexibility index (Phi) is 6.10. The standard InChI is InChI=1S/C20H28N2O3/c1-3-24-19-10-5-4-9-17(19)20-21-18(15(2)25-20)14-22-12-7-6-8-16(22)11-13-23/h4-5,9-10,16,23H,3,6-8,11-14H2,1-2H3. The molecular formula is C20H28N2O3. The van der Waals surface area contributed by atoms with E-state index in [0.29, 0.717) is 18.5 Å². The molecule has 1 saturated heterocycles. The Labute approximate surface area is 149 Å². The van der Waals surface area contributed by atoms with Gasteiger partial charge in [-0.15, -0.1) is 0 Å². The summed E-state index contributed by atoms with van der Waals surface area (Å²) in [6, 6.07) is 8.29. The molecule has 136 valence electrons. The molecule has 1 fully saturated rings. The molecule has 0 amide bonds. The first-order chi connectivity index (χ1) is 12.2. The SMILES string of the molecule is CCOc1ccccc1-c1nc(CN2CCCCC2CCO)c(C)o1. The molecule has 0 radical (unpaired) electrons. The number of aliphatic hydroxyl groups excluding tert-OH is 1. The van der Waals surface area contributed by atoms with Crippen LogP contribution < -0.4 is 4.74 Å². The summed E-state index contributed by atoms with van der Waals surface area (Å²) < 4.78 is 11.7. The third-order valence-electron chi connectivity index (χ3n) is 4.87. The number of hydrogen-bond acceptors (Lipinski definition) is 5. The van der Waals surface area contributed by atoms with Crippen molar-refractivity contribution in [3.05, 3.63) is 35.7 Å². The monoisotopic (exact) mass is 344 g/mol. The summed E-state index contributed by atoms with van der Waals surface area (Å²) in [5.74, 6) is 2.27. The zero-order chi connectivity index (χ0) is 17.6. The average molecular weight is 344 g/mol. The number of benzene rings is 1. The van der Waals surface area contributed by atoms with E-state index in [9.17, 15) is 5.11 Å². The Hall–Kier alpha value is -1.85. The third-order valence-corrected chi connectivity index (χ3v) is 4.87. The quantitative estimate of drug-likeness (QED) is 0.828. The molecule has 2 heterocycles. The average Bonchev–Trinajstić information content (AvgIpc) is 2.98. The molecule has 1 N–H and O–H groups in total. The van der Waals surface area contributed by atoms with Crippen LogP contribution in [0.2, 0.25) is 0 Å². The third kappa shape index (κ3) is 4.22. The van der Waals surface area contributed by atoms with Crippen molar-refractivity contribution in [2.24, 2.45) is 0 Å². The summed E-state index contributed by atoms with van der Waals surface area (Å²) >= 11 is 0. The fourth-order valence-electron chi connectivity index (χ4n) is 3.55. The van der Waals surface area contributed by atoms with Gasteiger partial charge in [-0.2, -0.15) is 0 Å². The molecule has 0 aliphatic carbocycles. The first-order valence-corrected chi connectivity index (χ1v) is 9.26. The fraction of sp³-hybridized carbons (Fsp3) is 0.550.